The van der Waals surface area contributed by atoms with E-state index in [-0.39, 0.29) is 12.2 Å². The molecule has 23 heavy (non-hydrogen) atoms. The minimum atomic E-state index is -0.675. The van der Waals surface area contributed by atoms with Crippen molar-refractivity contribution in [3.8, 4) is 0 Å². The molecular formula is C17H17NO4S. The monoisotopic (exact) mass is 331 g/mol. The van der Waals surface area contributed by atoms with Gasteiger partial charge in [-0.05, 0) is 17.0 Å². The first-order valence-corrected chi connectivity index (χ1v) is 7.77. The third-order valence-corrected chi connectivity index (χ3v) is 4.04. The molecule has 0 saturated heterocycles. The van der Waals surface area contributed by atoms with Crippen molar-refractivity contribution in [3.63, 3.8) is 0 Å². The molecule has 5 nitrogen and oxygen atoms in total. The van der Waals surface area contributed by atoms with Crippen LogP contribution in [0.4, 0.5) is 4.79 Å². The summed E-state index contributed by atoms with van der Waals surface area (Å²) in [7, 11) is 1.27. The van der Waals surface area contributed by atoms with Crippen LogP contribution in [-0.2, 0) is 20.9 Å². The number of rotatable bonds is 6. The van der Waals surface area contributed by atoms with Crippen LogP contribution >= 0.6 is 11.3 Å². The number of methoxy groups -OCH3 is 1. The Morgan fingerprint density at radius 1 is 1.22 bits per heavy atom. The van der Waals surface area contributed by atoms with E-state index in [4.69, 9.17) is 4.74 Å². The highest BCUT2D eigenvalue weighted by molar-refractivity contribution is 7.10. The first kappa shape index (κ1) is 16.8. The van der Waals surface area contributed by atoms with E-state index in [9.17, 15) is 9.59 Å². The Morgan fingerprint density at radius 2 is 1.96 bits per heavy atom. The van der Waals surface area contributed by atoms with E-state index < -0.39 is 18.1 Å². The molecule has 1 atom stereocenters. The summed E-state index contributed by atoms with van der Waals surface area (Å²) in [6, 6.07) is 12.3. The molecule has 0 aliphatic rings. The third kappa shape index (κ3) is 4.69. The minimum absolute atomic E-state index is 0.145. The van der Waals surface area contributed by atoms with E-state index >= 15 is 0 Å². The quantitative estimate of drug-likeness (QED) is 0.650. The van der Waals surface area contributed by atoms with Gasteiger partial charge in [-0.1, -0.05) is 43.0 Å². The van der Waals surface area contributed by atoms with Crippen molar-refractivity contribution in [3.05, 3.63) is 70.4 Å². The number of esters is 1. The lowest BCUT2D eigenvalue weighted by molar-refractivity contribution is -0.136. The molecule has 0 aliphatic carbocycles. The fourth-order valence-electron chi connectivity index (χ4n) is 1.92. The number of carbonyl (C=O) groups is 2. The SMILES string of the molecule is C=C(C(=O)OC)C(NC(=O)OCc1ccccc1)c1cccs1. The predicted molar refractivity (Wildman–Crippen MR) is 88.0 cm³/mol. The van der Waals surface area contributed by atoms with Crippen molar-refractivity contribution in [2.45, 2.75) is 12.6 Å². The number of amides is 1. The van der Waals surface area contributed by atoms with E-state index in [1.165, 1.54) is 18.4 Å². The van der Waals surface area contributed by atoms with Crippen LogP contribution < -0.4 is 5.32 Å². The Hall–Kier alpha value is -2.60. The molecule has 2 aromatic rings. The summed E-state index contributed by atoms with van der Waals surface area (Å²) >= 11 is 1.40. The molecular weight excluding hydrogens is 314 g/mol. The fraction of sp³-hybridized carbons (Fsp3) is 0.176. The zero-order valence-corrected chi connectivity index (χ0v) is 13.5. The molecule has 1 unspecified atom stereocenters. The van der Waals surface area contributed by atoms with Crippen molar-refractivity contribution in [1.82, 2.24) is 5.32 Å². The van der Waals surface area contributed by atoms with Crippen molar-refractivity contribution in [2.75, 3.05) is 7.11 Å². The molecule has 1 N–H and O–H groups in total. The predicted octanol–water partition coefficient (Wildman–Crippen LogP) is 3.44. The van der Waals surface area contributed by atoms with Gasteiger partial charge >= 0.3 is 12.1 Å². The molecule has 0 saturated carbocycles. The normalized spacial score (nSPS) is 11.3. The van der Waals surface area contributed by atoms with Crippen LogP contribution in [0.2, 0.25) is 0 Å². The summed E-state index contributed by atoms with van der Waals surface area (Å²) in [4.78, 5) is 24.5. The maximum Gasteiger partial charge on any atom is 0.408 e. The molecule has 1 aromatic heterocycles. The number of nitrogens with one attached hydrogen (secondary N) is 1. The molecule has 120 valence electrons. The second kappa shape index (κ2) is 8.14. The molecule has 6 heteroatoms. The van der Waals surface area contributed by atoms with Gasteiger partial charge in [-0.2, -0.15) is 0 Å². The number of hydrogen-bond donors (Lipinski definition) is 1. The van der Waals surface area contributed by atoms with Crippen molar-refractivity contribution in [2.24, 2.45) is 0 Å². The van der Waals surface area contributed by atoms with Crippen LogP contribution in [0.25, 0.3) is 0 Å². The molecule has 0 fully saturated rings. The molecule has 0 spiro atoms. The van der Waals surface area contributed by atoms with Crippen LogP contribution in [0.5, 0.6) is 0 Å². The van der Waals surface area contributed by atoms with E-state index in [1.807, 2.05) is 41.8 Å². The number of thiophene rings is 1. The van der Waals surface area contributed by atoms with Gasteiger partial charge in [-0.3, -0.25) is 0 Å². The van der Waals surface area contributed by atoms with Crippen LogP contribution in [-0.4, -0.2) is 19.2 Å². The molecule has 0 radical (unpaired) electrons. The Balaban J connectivity index is 2.01. The van der Waals surface area contributed by atoms with Crippen molar-refractivity contribution >= 4 is 23.4 Å². The summed E-state index contributed by atoms with van der Waals surface area (Å²) < 4.78 is 9.86. The summed E-state index contributed by atoms with van der Waals surface area (Å²) in [5.41, 5.74) is 1.02. The smallest absolute Gasteiger partial charge is 0.408 e. The molecule has 1 amide bonds. The summed E-state index contributed by atoms with van der Waals surface area (Å²) in [6.45, 7) is 3.86. The lowest BCUT2D eigenvalue weighted by atomic mass is 10.1. The fourth-order valence-corrected chi connectivity index (χ4v) is 2.73. The lowest BCUT2D eigenvalue weighted by Crippen LogP contribution is -2.32. The standard InChI is InChI=1S/C17H17NO4S/c1-12(16(19)21-2)15(14-9-6-10-23-14)18-17(20)22-11-13-7-4-3-5-8-13/h3-10,15H,1,11H2,2H3,(H,18,20). The van der Waals surface area contributed by atoms with E-state index in [1.54, 1.807) is 6.07 Å². The maximum atomic E-state index is 12.0. The van der Waals surface area contributed by atoms with Gasteiger partial charge < -0.3 is 14.8 Å². The van der Waals surface area contributed by atoms with E-state index in [0.717, 1.165) is 10.4 Å². The minimum Gasteiger partial charge on any atom is -0.466 e. The highest BCUT2D eigenvalue weighted by Gasteiger charge is 2.24. The maximum absolute atomic E-state index is 12.0. The number of carbonyl (C=O) groups excluding carboxylic acids is 2. The van der Waals surface area contributed by atoms with Crippen LogP contribution in [0, 0.1) is 0 Å². The van der Waals surface area contributed by atoms with Crippen LogP contribution in [0.3, 0.4) is 0 Å². The number of benzene rings is 1. The first-order valence-electron chi connectivity index (χ1n) is 6.89. The number of ether oxygens (including phenoxy) is 2. The Morgan fingerprint density at radius 3 is 2.57 bits per heavy atom. The van der Waals surface area contributed by atoms with Gasteiger partial charge in [0.2, 0.25) is 0 Å². The molecule has 0 aliphatic heterocycles. The summed E-state index contributed by atoms with van der Waals surface area (Å²) in [5, 5.41) is 4.50. The van der Waals surface area contributed by atoms with Gasteiger partial charge in [0.1, 0.15) is 6.61 Å². The third-order valence-electron chi connectivity index (χ3n) is 3.10. The highest BCUT2D eigenvalue weighted by Crippen LogP contribution is 2.25. The van der Waals surface area contributed by atoms with E-state index in [2.05, 4.69) is 16.6 Å². The van der Waals surface area contributed by atoms with Gasteiger partial charge in [-0.15, -0.1) is 11.3 Å². The van der Waals surface area contributed by atoms with Gasteiger partial charge in [-0.25, -0.2) is 9.59 Å². The summed E-state index contributed by atoms with van der Waals surface area (Å²) in [5.74, 6) is -0.577. The van der Waals surface area contributed by atoms with E-state index in [0.29, 0.717) is 0 Å². The van der Waals surface area contributed by atoms with Crippen molar-refractivity contribution < 1.29 is 19.1 Å². The average molecular weight is 331 g/mol. The molecule has 0 bridgehead atoms. The van der Waals surface area contributed by atoms with Gasteiger partial charge in [0.05, 0.1) is 18.7 Å². The Labute approximate surface area is 138 Å². The zero-order chi connectivity index (χ0) is 16.7. The Bertz CT molecular complexity index is 667. The second-order valence-corrected chi connectivity index (χ2v) is 5.65. The largest absolute Gasteiger partial charge is 0.466 e. The number of hydrogen-bond acceptors (Lipinski definition) is 5. The molecule has 2 rings (SSSR count). The summed E-state index contributed by atoms with van der Waals surface area (Å²) in [6.07, 6.45) is -0.627. The first-order chi connectivity index (χ1) is 11.1. The van der Waals surface area contributed by atoms with Crippen LogP contribution in [0.15, 0.2) is 60.0 Å². The van der Waals surface area contributed by atoms with Gasteiger partial charge in [0, 0.05) is 4.88 Å². The van der Waals surface area contributed by atoms with Gasteiger partial charge in [0.15, 0.2) is 0 Å². The van der Waals surface area contributed by atoms with Crippen LogP contribution in [0.1, 0.15) is 16.5 Å². The molecule has 1 heterocycles. The van der Waals surface area contributed by atoms with Gasteiger partial charge in [0.25, 0.3) is 0 Å². The van der Waals surface area contributed by atoms with Crippen molar-refractivity contribution in [1.29, 1.82) is 0 Å². The average Bonchev–Trinajstić information content (AvgIpc) is 3.11. The second-order valence-electron chi connectivity index (χ2n) is 4.67. The zero-order valence-electron chi connectivity index (χ0n) is 12.7. The topological polar surface area (TPSA) is 64.6 Å². The highest BCUT2D eigenvalue weighted by atomic mass is 32.1. The lowest BCUT2D eigenvalue weighted by Gasteiger charge is -2.18. The number of alkyl carbamates (subject to hydrolysis) is 1. The Kier molecular flexibility index (Phi) is 5.94. The molecule has 1 aromatic carbocycles.